The third-order valence-corrected chi connectivity index (χ3v) is 6.33. The summed E-state index contributed by atoms with van der Waals surface area (Å²) >= 11 is 0. The number of para-hydroxylation sites is 1. The first-order valence-electron chi connectivity index (χ1n) is 10.6. The molecule has 0 saturated heterocycles. The Bertz CT molecular complexity index is 1270. The molecule has 8 heteroatoms. The molecule has 0 aliphatic heterocycles. The standard InChI is InChI=1S/C24H26N4O4/c1-13-10-11-16(12-14(13)2)28-23(30)21(15(3)27-28)26-25-20-9-5-7-18(22(20)29)17-6-4-8-19(17)24(31)32/h5,7,9-12,17,19,27,29H,4,6,8H2,1-3H3,(H,31,32). The van der Waals surface area contributed by atoms with Crippen molar-refractivity contribution in [1.82, 2.24) is 9.78 Å². The lowest BCUT2D eigenvalue weighted by Crippen LogP contribution is -2.16. The third-order valence-electron chi connectivity index (χ3n) is 6.33. The third kappa shape index (κ3) is 3.84. The predicted molar refractivity (Wildman–Crippen MR) is 121 cm³/mol. The highest BCUT2D eigenvalue weighted by Gasteiger charge is 2.35. The molecule has 1 aromatic heterocycles. The summed E-state index contributed by atoms with van der Waals surface area (Å²) in [5, 5.41) is 31.5. The molecule has 2 unspecified atom stereocenters. The Morgan fingerprint density at radius 2 is 1.88 bits per heavy atom. The van der Waals surface area contributed by atoms with E-state index in [1.54, 1.807) is 25.1 Å². The molecule has 0 radical (unpaired) electrons. The lowest BCUT2D eigenvalue weighted by molar-refractivity contribution is -0.142. The number of nitrogens with one attached hydrogen (secondary N) is 1. The zero-order valence-corrected chi connectivity index (χ0v) is 18.3. The number of carbonyl (C=O) groups is 1. The molecule has 2 atom stereocenters. The highest BCUT2D eigenvalue weighted by atomic mass is 16.4. The average Bonchev–Trinajstić information content (AvgIpc) is 3.35. The zero-order chi connectivity index (χ0) is 23.0. The second kappa shape index (κ2) is 8.45. The molecule has 0 amide bonds. The SMILES string of the molecule is Cc1ccc(-n2[nH]c(C)c(N=Nc3cccc(C4CCCC4C(=O)O)c3O)c2=O)cc1C. The largest absolute Gasteiger partial charge is 0.505 e. The van der Waals surface area contributed by atoms with Gasteiger partial charge in [-0.05, 0) is 62.9 Å². The Balaban J connectivity index is 1.67. The van der Waals surface area contributed by atoms with Gasteiger partial charge in [-0.2, -0.15) is 0 Å². The summed E-state index contributed by atoms with van der Waals surface area (Å²) in [5.74, 6) is -1.73. The number of aromatic amines is 1. The van der Waals surface area contributed by atoms with Crippen LogP contribution in [0.15, 0.2) is 51.4 Å². The van der Waals surface area contributed by atoms with Crippen molar-refractivity contribution < 1.29 is 15.0 Å². The number of benzene rings is 2. The molecular formula is C24H26N4O4. The highest BCUT2D eigenvalue weighted by molar-refractivity contribution is 5.72. The van der Waals surface area contributed by atoms with Gasteiger partial charge < -0.3 is 10.2 Å². The molecule has 0 bridgehead atoms. The molecule has 166 valence electrons. The maximum atomic E-state index is 12.9. The lowest BCUT2D eigenvalue weighted by Gasteiger charge is -2.17. The van der Waals surface area contributed by atoms with Gasteiger partial charge in [0.25, 0.3) is 5.56 Å². The molecule has 4 rings (SSSR count). The summed E-state index contributed by atoms with van der Waals surface area (Å²) in [7, 11) is 0. The van der Waals surface area contributed by atoms with Crippen LogP contribution < -0.4 is 5.56 Å². The van der Waals surface area contributed by atoms with E-state index >= 15 is 0 Å². The number of aromatic hydroxyl groups is 1. The molecule has 2 aromatic carbocycles. The number of carboxylic acid groups (broad SMARTS) is 1. The number of carboxylic acids is 1. The van der Waals surface area contributed by atoms with Gasteiger partial charge in [0.1, 0.15) is 11.4 Å². The van der Waals surface area contributed by atoms with E-state index in [-0.39, 0.29) is 28.6 Å². The van der Waals surface area contributed by atoms with Crippen molar-refractivity contribution >= 4 is 17.3 Å². The van der Waals surface area contributed by atoms with Gasteiger partial charge in [0.2, 0.25) is 0 Å². The van der Waals surface area contributed by atoms with E-state index in [0.717, 1.165) is 17.5 Å². The average molecular weight is 434 g/mol. The topological polar surface area (TPSA) is 120 Å². The molecular weight excluding hydrogens is 408 g/mol. The minimum Gasteiger partial charge on any atom is -0.505 e. The fourth-order valence-corrected chi connectivity index (χ4v) is 4.36. The first-order valence-corrected chi connectivity index (χ1v) is 10.6. The van der Waals surface area contributed by atoms with Crippen LogP contribution in [0.25, 0.3) is 5.69 Å². The van der Waals surface area contributed by atoms with Gasteiger partial charge in [-0.1, -0.05) is 24.6 Å². The number of H-pyrrole nitrogens is 1. The van der Waals surface area contributed by atoms with E-state index in [4.69, 9.17) is 0 Å². The monoisotopic (exact) mass is 434 g/mol. The van der Waals surface area contributed by atoms with E-state index in [1.807, 2.05) is 32.0 Å². The maximum Gasteiger partial charge on any atom is 0.307 e. The number of aryl methyl sites for hydroxylation is 3. The number of hydrogen-bond acceptors (Lipinski definition) is 5. The van der Waals surface area contributed by atoms with Crippen LogP contribution in [0.5, 0.6) is 5.75 Å². The van der Waals surface area contributed by atoms with Crippen molar-refractivity contribution in [2.75, 3.05) is 0 Å². The van der Waals surface area contributed by atoms with Gasteiger partial charge in [0, 0.05) is 11.5 Å². The Kier molecular flexibility index (Phi) is 5.69. The number of rotatable bonds is 5. The van der Waals surface area contributed by atoms with E-state index in [2.05, 4.69) is 15.3 Å². The van der Waals surface area contributed by atoms with Crippen LogP contribution >= 0.6 is 0 Å². The Labute approximate surface area is 185 Å². The number of hydrogen-bond donors (Lipinski definition) is 3. The van der Waals surface area contributed by atoms with Crippen LogP contribution in [-0.2, 0) is 4.79 Å². The maximum absolute atomic E-state index is 12.9. The van der Waals surface area contributed by atoms with Crippen LogP contribution in [0, 0.1) is 26.7 Å². The number of aromatic nitrogens is 2. The van der Waals surface area contributed by atoms with Gasteiger partial charge in [-0.3, -0.25) is 14.7 Å². The van der Waals surface area contributed by atoms with Gasteiger partial charge in [0.05, 0.1) is 17.3 Å². The van der Waals surface area contributed by atoms with Gasteiger partial charge in [-0.25, -0.2) is 4.68 Å². The first-order chi connectivity index (χ1) is 15.3. The molecule has 3 N–H and O–H groups in total. The van der Waals surface area contributed by atoms with Crippen molar-refractivity contribution in [3.8, 4) is 11.4 Å². The van der Waals surface area contributed by atoms with E-state index < -0.39 is 11.9 Å². The molecule has 1 aliphatic carbocycles. The van der Waals surface area contributed by atoms with Crippen molar-refractivity contribution in [2.45, 2.75) is 46.0 Å². The number of phenols is 1. The zero-order valence-electron chi connectivity index (χ0n) is 18.3. The molecule has 1 fully saturated rings. The molecule has 8 nitrogen and oxygen atoms in total. The van der Waals surface area contributed by atoms with E-state index in [9.17, 15) is 19.8 Å². The van der Waals surface area contributed by atoms with Crippen molar-refractivity contribution in [3.63, 3.8) is 0 Å². The molecule has 0 spiro atoms. The van der Waals surface area contributed by atoms with Crippen LogP contribution in [0.1, 0.15) is 47.6 Å². The van der Waals surface area contributed by atoms with Crippen LogP contribution in [0.4, 0.5) is 11.4 Å². The van der Waals surface area contributed by atoms with Crippen LogP contribution in [0.2, 0.25) is 0 Å². The quantitative estimate of drug-likeness (QED) is 0.479. The van der Waals surface area contributed by atoms with E-state index in [0.29, 0.717) is 29.8 Å². The molecule has 1 aliphatic rings. The second-order valence-corrected chi connectivity index (χ2v) is 8.39. The fraction of sp³-hybridized carbons (Fsp3) is 0.333. The van der Waals surface area contributed by atoms with Crippen molar-refractivity contribution in [2.24, 2.45) is 16.1 Å². The molecule has 32 heavy (non-hydrogen) atoms. The summed E-state index contributed by atoms with van der Waals surface area (Å²) in [5.41, 5.74) is 4.03. The highest BCUT2D eigenvalue weighted by Crippen LogP contribution is 2.45. The van der Waals surface area contributed by atoms with Gasteiger partial charge >= 0.3 is 5.97 Å². The molecule has 1 heterocycles. The minimum atomic E-state index is -0.853. The lowest BCUT2D eigenvalue weighted by atomic mass is 9.88. The van der Waals surface area contributed by atoms with Crippen LogP contribution in [0.3, 0.4) is 0 Å². The van der Waals surface area contributed by atoms with Crippen molar-refractivity contribution in [3.05, 3.63) is 69.1 Å². The van der Waals surface area contributed by atoms with Crippen LogP contribution in [-0.4, -0.2) is 26.0 Å². The summed E-state index contributed by atoms with van der Waals surface area (Å²) in [6.45, 7) is 5.72. The summed E-state index contributed by atoms with van der Waals surface area (Å²) in [4.78, 5) is 24.5. The van der Waals surface area contributed by atoms with Gasteiger partial charge in [-0.15, -0.1) is 10.2 Å². The summed E-state index contributed by atoms with van der Waals surface area (Å²) < 4.78 is 1.42. The fourth-order valence-electron chi connectivity index (χ4n) is 4.36. The number of phenolic OH excluding ortho intramolecular Hbond substituents is 1. The van der Waals surface area contributed by atoms with Gasteiger partial charge in [0.15, 0.2) is 5.69 Å². The molecule has 3 aromatic rings. The predicted octanol–water partition coefficient (Wildman–Crippen LogP) is 5.18. The normalized spacial score (nSPS) is 18.5. The Morgan fingerprint density at radius 3 is 2.59 bits per heavy atom. The minimum absolute atomic E-state index is 0.0860. The Hall–Kier alpha value is -3.68. The number of aliphatic carboxylic acids is 1. The van der Waals surface area contributed by atoms with Crippen molar-refractivity contribution in [1.29, 1.82) is 0 Å². The number of azo groups is 1. The summed E-state index contributed by atoms with van der Waals surface area (Å²) in [6.07, 6.45) is 2.09. The summed E-state index contributed by atoms with van der Waals surface area (Å²) in [6, 6.07) is 10.8. The molecule has 1 saturated carbocycles. The smallest absolute Gasteiger partial charge is 0.307 e. The first kappa shape index (κ1) is 21.5. The second-order valence-electron chi connectivity index (χ2n) is 8.39. The van der Waals surface area contributed by atoms with E-state index in [1.165, 1.54) is 4.68 Å². The number of nitrogens with zero attached hydrogens (tertiary/aromatic N) is 3. The Morgan fingerprint density at radius 1 is 1.09 bits per heavy atom.